The van der Waals surface area contributed by atoms with Gasteiger partial charge < -0.3 is 5.32 Å². The van der Waals surface area contributed by atoms with Crippen LogP contribution in [0.2, 0.25) is 0 Å². The van der Waals surface area contributed by atoms with Crippen LogP contribution in [0.5, 0.6) is 0 Å². The Hall–Kier alpha value is -0.640. The van der Waals surface area contributed by atoms with Gasteiger partial charge >= 0.3 is 0 Å². The van der Waals surface area contributed by atoms with Gasteiger partial charge in [-0.25, -0.2) is 0 Å². The molecule has 2 atom stereocenters. The standard InChI is InChI=1S/C9H15N3S/c1-3-4-7-5-8(7)10-9-12-11-6(2)13-9/h7-8H,3-5H2,1-2H3,(H,10,12). The average molecular weight is 197 g/mol. The zero-order chi connectivity index (χ0) is 9.26. The summed E-state index contributed by atoms with van der Waals surface area (Å²) in [6, 6.07) is 0.673. The molecule has 0 spiro atoms. The first kappa shape index (κ1) is 8.94. The van der Waals surface area contributed by atoms with Crippen molar-refractivity contribution in [3.05, 3.63) is 5.01 Å². The first-order chi connectivity index (χ1) is 6.29. The van der Waals surface area contributed by atoms with Gasteiger partial charge in [0.05, 0.1) is 0 Å². The highest BCUT2D eigenvalue weighted by molar-refractivity contribution is 7.15. The van der Waals surface area contributed by atoms with Crippen molar-refractivity contribution in [2.24, 2.45) is 5.92 Å². The van der Waals surface area contributed by atoms with Crippen molar-refractivity contribution in [1.82, 2.24) is 10.2 Å². The molecule has 0 amide bonds. The van der Waals surface area contributed by atoms with E-state index in [1.54, 1.807) is 11.3 Å². The van der Waals surface area contributed by atoms with Gasteiger partial charge in [0.15, 0.2) is 0 Å². The number of aryl methyl sites for hydroxylation is 1. The van der Waals surface area contributed by atoms with Gasteiger partial charge in [-0.05, 0) is 25.7 Å². The lowest BCUT2D eigenvalue weighted by Crippen LogP contribution is -2.03. The third kappa shape index (κ3) is 2.18. The first-order valence-electron chi connectivity index (χ1n) is 4.86. The highest BCUT2D eigenvalue weighted by atomic mass is 32.1. The second-order valence-corrected chi connectivity index (χ2v) is 4.84. The normalized spacial score (nSPS) is 26.0. The zero-order valence-electron chi connectivity index (χ0n) is 8.08. The summed E-state index contributed by atoms with van der Waals surface area (Å²) in [5, 5.41) is 13.5. The third-order valence-corrected chi connectivity index (χ3v) is 3.19. The predicted octanol–water partition coefficient (Wildman–Crippen LogP) is 2.45. The highest BCUT2D eigenvalue weighted by Gasteiger charge is 2.36. The summed E-state index contributed by atoms with van der Waals surface area (Å²) in [7, 11) is 0. The average Bonchev–Trinajstić information content (AvgIpc) is 2.66. The summed E-state index contributed by atoms with van der Waals surface area (Å²) in [4.78, 5) is 0. The van der Waals surface area contributed by atoms with Crippen molar-refractivity contribution in [1.29, 1.82) is 0 Å². The van der Waals surface area contributed by atoms with Gasteiger partial charge in [0.1, 0.15) is 5.01 Å². The minimum Gasteiger partial charge on any atom is -0.357 e. The van der Waals surface area contributed by atoms with Crippen LogP contribution in [0.4, 0.5) is 5.13 Å². The van der Waals surface area contributed by atoms with E-state index in [1.165, 1.54) is 19.3 Å². The molecule has 0 saturated heterocycles. The number of rotatable bonds is 4. The fourth-order valence-electron chi connectivity index (χ4n) is 1.63. The van der Waals surface area contributed by atoms with Crippen LogP contribution in [-0.2, 0) is 0 Å². The molecule has 1 aliphatic rings. The molecule has 0 aromatic carbocycles. The second-order valence-electron chi connectivity index (χ2n) is 3.66. The van der Waals surface area contributed by atoms with Crippen LogP contribution >= 0.6 is 11.3 Å². The summed E-state index contributed by atoms with van der Waals surface area (Å²) in [5.74, 6) is 0.884. The lowest BCUT2D eigenvalue weighted by Gasteiger charge is -1.98. The van der Waals surface area contributed by atoms with Crippen LogP contribution in [0.3, 0.4) is 0 Å². The van der Waals surface area contributed by atoms with Crippen molar-refractivity contribution in [2.45, 2.75) is 39.2 Å². The van der Waals surface area contributed by atoms with E-state index in [2.05, 4.69) is 22.4 Å². The van der Waals surface area contributed by atoms with E-state index >= 15 is 0 Å². The molecule has 1 aromatic rings. The van der Waals surface area contributed by atoms with Crippen molar-refractivity contribution in [2.75, 3.05) is 5.32 Å². The highest BCUT2D eigenvalue weighted by Crippen LogP contribution is 2.37. The molecule has 1 heterocycles. The molecule has 1 aromatic heterocycles. The molecule has 1 fully saturated rings. The van der Waals surface area contributed by atoms with Crippen molar-refractivity contribution >= 4 is 16.5 Å². The summed E-state index contributed by atoms with van der Waals surface area (Å²) < 4.78 is 0. The fraction of sp³-hybridized carbons (Fsp3) is 0.778. The minimum absolute atomic E-state index is 0.673. The smallest absolute Gasteiger partial charge is 0.205 e. The van der Waals surface area contributed by atoms with E-state index in [-0.39, 0.29) is 0 Å². The number of hydrogen-bond donors (Lipinski definition) is 1. The molecular formula is C9H15N3S. The number of nitrogens with one attached hydrogen (secondary N) is 1. The second kappa shape index (κ2) is 3.62. The summed E-state index contributed by atoms with van der Waals surface area (Å²) in [6.07, 6.45) is 3.94. The Labute approximate surface area is 82.6 Å². The van der Waals surface area contributed by atoms with E-state index in [4.69, 9.17) is 0 Å². The van der Waals surface area contributed by atoms with Gasteiger partial charge in [-0.15, -0.1) is 10.2 Å². The van der Waals surface area contributed by atoms with Crippen LogP contribution < -0.4 is 5.32 Å². The van der Waals surface area contributed by atoms with E-state index in [1.807, 2.05) is 6.92 Å². The molecule has 2 unspecified atom stereocenters. The Morgan fingerprint density at radius 1 is 1.54 bits per heavy atom. The summed E-state index contributed by atoms with van der Waals surface area (Å²) >= 11 is 1.64. The molecule has 0 radical (unpaired) electrons. The number of nitrogens with zero attached hydrogens (tertiary/aromatic N) is 2. The number of aromatic nitrogens is 2. The predicted molar refractivity (Wildman–Crippen MR) is 55.1 cm³/mol. The molecular weight excluding hydrogens is 182 g/mol. The Kier molecular flexibility index (Phi) is 2.49. The summed E-state index contributed by atoms with van der Waals surface area (Å²) in [6.45, 7) is 4.23. The topological polar surface area (TPSA) is 37.8 Å². The van der Waals surface area contributed by atoms with E-state index in [9.17, 15) is 0 Å². The molecule has 3 nitrogen and oxygen atoms in total. The Balaban J connectivity index is 1.81. The maximum Gasteiger partial charge on any atom is 0.205 e. The van der Waals surface area contributed by atoms with Crippen molar-refractivity contribution in [3.63, 3.8) is 0 Å². The van der Waals surface area contributed by atoms with Gasteiger partial charge in [-0.3, -0.25) is 0 Å². The molecule has 2 rings (SSSR count). The Bertz CT molecular complexity index is 284. The molecule has 1 saturated carbocycles. The summed E-state index contributed by atoms with van der Waals surface area (Å²) in [5.41, 5.74) is 0. The SMILES string of the molecule is CCCC1CC1Nc1nnc(C)s1. The van der Waals surface area contributed by atoms with E-state index in [0.29, 0.717) is 6.04 Å². The molecule has 1 N–H and O–H groups in total. The van der Waals surface area contributed by atoms with E-state index in [0.717, 1.165) is 16.1 Å². The quantitative estimate of drug-likeness (QED) is 0.805. The maximum atomic E-state index is 4.05. The minimum atomic E-state index is 0.673. The molecule has 13 heavy (non-hydrogen) atoms. The van der Waals surface area contributed by atoms with E-state index < -0.39 is 0 Å². The van der Waals surface area contributed by atoms with Gasteiger partial charge in [0.25, 0.3) is 0 Å². The molecule has 0 bridgehead atoms. The lowest BCUT2D eigenvalue weighted by atomic mass is 10.2. The van der Waals surface area contributed by atoms with Crippen LogP contribution in [0, 0.1) is 12.8 Å². The van der Waals surface area contributed by atoms with Crippen molar-refractivity contribution < 1.29 is 0 Å². The first-order valence-corrected chi connectivity index (χ1v) is 5.68. The Morgan fingerprint density at radius 2 is 2.38 bits per heavy atom. The van der Waals surface area contributed by atoms with Gasteiger partial charge in [0.2, 0.25) is 5.13 Å². The molecule has 72 valence electrons. The zero-order valence-corrected chi connectivity index (χ0v) is 8.90. The van der Waals surface area contributed by atoms with Crippen LogP contribution in [0.25, 0.3) is 0 Å². The van der Waals surface area contributed by atoms with Crippen LogP contribution in [-0.4, -0.2) is 16.2 Å². The maximum absolute atomic E-state index is 4.05. The molecule has 0 aliphatic heterocycles. The van der Waals surface area contributed by atoms with Gasteiger partial charge in [-0.2, -0.15) is 0 Å². The Morgan fingerprint density at radius 3 is 3.00 bits per heavy atom. The fourth-order valence-corrected chi connectivity index (χ4v) is 2.28. The largest absolute Gasteiger partial charge is 0.357 e. The van der Waals surface area contributed by atoms with Crippen molar-refractivity contribution in [3.8, 4) is 0 Å². The molecule has 1 aliphatic carbocycles. The monoisotopic (exact) mass is 197 g/mol. The number of hydrogen-bond acceptors (Lipinski definition) is 4. The van der Waals surface area contributed by atoms with Gasteiger partial charge in [-0.1, -0.05) is 24.7 Å². The van der Waals surface area contributed by atoms with Gasteiger partial charge in [0, 0.05) is 6.04 Å². The molecule has 4 heteroatoms. The van der Waals surface area contributed by atoms with Crippen LogP contribution in [0.15, 0.2) is 0 Å². The third-order valence-electron chi connectivity index (χ3n) is 2.42. The lowest BCUT2D eigenvalue weighted by molar-refractivity contribution is 0.692. The van der Waals surface area contributed by atoms with Crippen LogP contribution in [0.1, 0.15) is 31.2 Å². The number of anilines is 1.